The Bertz CT molecular complexity index is 722. The minimum absolute atomic E-state index is 0.223. The smallest absolute Gasteiger partial charge is 0.326 e. The van der Waals surface area contributed by atoms with Gasteiger partial charge in [0.1, 0.15) is 17.4 Å². The lowest BCUT2D eigenvalue weighted by Gasteiger charge is -2.12. The highest BCUT2D eigenvalue weighted by atomic mass is 16.4. The molecule has 0 spiro atoms. The van der Waals surface area contributed by atoms with Gasteiger partial charge in [0.15, 0.2) is 0 Å². The lowest BCUT2D eigenvalue weighted by Crippen LogP contribution is -2.43. The fourth-order valence-corrected chi connectivity index (χ4v) is 2.01. The van der Waals surface area contributed by atoms with Crippen molar-refractivity contribution in [2.45, 2.75) is 19.4 Å². The highest BCUT2D eigenvalue weighted by molar-refractivity contribution is 5.97. The summed E-state index contributed by atoms with van der Waals surface area (Å²) in [6.07, 6.45) is 1.17. The van der Waals surface area contributed by atoms with Crippen LogP contribution < -0.4 is 11.1 Å². The van der Waals surface area contributed by atoms with E-state index in [-0.39, 0.29) is 5.69 Å². The molecule has 0 aliphatic carbocycles. The normalized spacial score (nSPS) is 12.0. The van der Waals surface area contributed by atoms with E-state index in [0.29, 0.717) is 11.3 Å². The van der Waals surface area contributed by atoms with Gasteiger partial charge in [0, 0.05) is 6.20 Å². The van der Waals surface area contributed by atoms with E-state index in [0.717, 1.165) is 0 Å². The van der Waals surface area contributed by atoms with Gasteiger partial charge >= 0.3 is 5.97 Å². The number of nitrogens with zero attached hydrogens (tertiary/aromatic N) is 2. The third-order valence-corrected chi connectivity index (χ3v) is 2.93. The van der Waals surface area contributed by atoms with Gasteiger partial charge in [-0.25, -0.2) is 9.78 Å². The van der Waals surface area contributed by atoms with Crippen molar-refractivity contribution in [1.29, 1.82) is 0 Å². The maximum absolute atomic E-state index is 12.2. The van der Waals surface area contributed by atoms with Crippen LogP contribution in [0.25, 0.3) is 5.65 Å². The number of aromatic nitrogens is 2. The van der Waals surface area contributed by atoms with Crippen molar-refractivity contribution in [3.8, 4) is 0 Å². The molecule has 2 aromatic rings. The summed E-state index contributed by atoms with van der Waals surface area (Å²) in [6.45, 7) is 1.64. The average Bonchev–Trinajstić information content (AvgIpc) is 2.73. The number of aryl methyl sites for hydroxylation is 1. The summed E-state index contributed by atoms with van der Waals surface area (Å²) in [7, 11) is 0. The second kappa shape index (κ2) is 5.61. The van der Waals surface area contributed by atoms with Crippen molar-refractivity contribution in [3.05, 3.63) is 35.8 Å². The second-order valence-electron chi connectivity index (χ2n) is 4.51. The SMILES string of the molecule is Cc1nc2ccccn2c1C(=O)NC(CC(N)=O)C(=O)O. The summed E-state index contributed by atoms with van der Waals surface area (Å²) < 4.78 is 1.55. The number of hydrogen-bond acceptors (Lipinski definition) is 4. The van der Waals surface area contributed by atoms with Crippen molar-refractivity contribution in [1.82, 2.24) is 14.7 Å². The number of nitrogens with two attached hydrogens (primary N) is 1. The van der Waals surface area contributed by atoms with Gasteiger partial charge in [-0.1, -0.05) is 6.07 Å². The fourth-order valence-electron chi connectivity index (χ4n) is 2.01. The molecule has 2 aromatic heterocycles. The van der Waals surface area contributed by atoms with Crippen molar-refractivity contribution < 1.29 is 19.5 Å². The molecule has 0 aliphatic rings. The van der Waals surface area contributed by atoms with Gasteiger partial charge < -0.3 is 16.2 Å². The van der Waals surface area contributed by atoms with Gasteiger partial charge in [0.2, 0.25) is 5.91 Å². The van der Waals surface area contributed by atoms with E-state index in [1.54, 1.807) is 35.7 Å². The molecule has 0 saturated heterocycles. The van der Waals surface area contributed by atoms with E-state index < -0.39 is 30.2 Å². The zero-order valence-corrected chi connectivity index (χ0v) is 11.2. The van der Waals surface area contributed by atoms with E-state index in [1.165, 1.54) is 0 Å². The first-order valence-corrected chi connectivity index (χ1v) is 6.16. The van der Waals surface area contributed by atoms with E-state index in [2.05, 4.69) is 10.3 Å². The number of nitrogens with one attached hydrogen (secondary N) is 1. The molecule has 2 amide bonds. The standard InChI is InChI=1S/C13H14N4O4/c1-7-11(17-5-3-2-4-10(17)15-7)12(19)16-8(13(20)21)6-9(14)18/h2-5,8H,6H2,1H3,(H2,14,18)(H,16,19)(H,20,21). The molecule has 110 valence electrons. The largest absolute Gasteiger partial charge is 0.480 e. The summed E-state index contributed by atoms with van der Waals surface area (Å²) in [4.78, 5) is 38.4. The Morgan fingerprint density at radius 3 is 2.76 bits per heavy atom. The topological polar surface area (TPSA) is 127 Å². The van der Waals surface area contributed by atoms with E-state index in [9.17, 15) is 14.4 Å². The van der Waals surface area contributed by atoms with Crippen LogP contribution in [0.2, 0.25) is 0 Å². The summed E-state index contributed by atoms with van der Waals surface area (Å²) in [6, 6.07) is 3.85. The molecule has 0 fully saturated rings. The molecule has 0 aliphatic heterocycles. The molecular formula is C13H14N4O4. The third kappa shape index (κ3) is 2.99. The Kier molecular flexibility index (Phi) is 3.88. The van der Waals surface area contributed by atoms with E-state index in [4.69, 9.17) is 10.8 Å². The number of carbonyl (C=O) groups excluding carboxylic acids is 2. The number of pyridine rings is 1. The molecule has 1 atom stereocenters. The number of carbonyl (C=O) groups is 3. The lowest BCUT2D eigenvalue weighted by atomic mass is 10.2. The summed E-state index contributed by atoms with van der Waals surface area (Å²) >= 11 is 0. The maximum Gasteiger partial charge on any atom is 0.326 e. The van der Waals surface area contributed by atoms with Crippen molar-refractivity contribution >= 4 is 23.4 Å². The van der Waals surface area contributed by atoms with Crippen LogP contribution in [-0.2, 0) is 9.59 Å². The molecule has 2 heterocycles. The molecule has 0 saturated carbocycles. The van der Waals surface area contributed by atoms with Gasteiger partial charge in [-0.15, -0.1) is 0 Å². The van der Waals surface area contributed by atoms with Crippen LogP contribution in [0.1, 0.15) is 22.6 Å². The Labute approximate surface area is 119 Å². The molecule has 4 N–H and O–H groups in total. The fraction of sp³-hybridized carbons (Fsp3) is 0.231. The van der Waals surface area contributed by atoms with Crippen LogP contribution in [0.4, 0.5) is 0 Å². The molecule has 0 radical (unpaired) electrons. The quantitative estimate of drug-likeness (QED) is 0.696. The Morgan fingerprint density at radius 2 is 2.14 bits per heavy atom. The number of aliphatic carboxylic acids is 1. The van der Waals surface area contributed by atoms with Crippen molar-refractivity contribution in [2.75, 3.05) is 0 Å². The van der Waals surface area contributed by atoms with E-state index >= 15 is 0 Å². The van der Waals surface area contributed by atoms with Gasteiger partial charge in [-0.3, -0.25) is 14.0 Å². The number of carboxylic acids is 1. The number of imidazole rings is 1. The van der Waals surface area contributed by atoms with Crippen LogP contribution in [0.15, 0.2) is 24.4 Å². The molecule has 1 unspecified atom stereocenters. The minimum atomic E-state index is -1.37. The second-order valence-corrected chi connectivity index (χ2v) is 4.51. The summed E-state index contributed by atoms with van der Waals surface area (Å²) in [5.41, 5.74) is 6.23. The number of rotatable bonds is 5. The molecule has 0 aromatic carbocycles. The van der Waals surface area contributed by atoms with Crippen LogP contribution in [0.3, 0.4) is 0 Å². The third-order valence-electron chi connectivity index (χ3n) is 2.93. The molecule has 2 rings (SSSR count). The van der Waals surface area contributed by atoms with Gasteiger partial charge in [-0.2, -0.15) is 0 Å². The van der Waals surface area contributed by atoms with Gasteiger partial charge in [-0.05, 0) is 19.1 Å². The predicted molar refractivity (Wildman–Crippen MR) is 72.6 cm³/mol. The lowest BCUT2D eigenvalue weighted by molar-refractivity contribution is -0.140. The molecular weight excluding hydrogens is 276 g/mol. The number of fused-ring (bicyclic) bond motifs is 1. The number of amides is 2. The summed E-state index contributed by atoms with van der Waals surface area (Å²) in [5, 5.41) is 11.3. The Hall–Kier alpha value is -2.90. The van der Waals surface area contributed by atoms with Gasteiger partial charge in [0.25, 0.3) is 5.91 Å². The number of hydrogen-bond donors (Lipinski definition) is 3. The highest BCUT2D eigenvalue weighted by Crippen LogP contribution is 2.12. The maximum atomic E-state index is 12.2. The Morgan fingerprint density at radius 1 is 1.43 bits per heavy atom. The van der Waals surface area contributed by atoms with Gasteiger partial charge in [0.05, 0.1) is 12.1 Å². The first-order chi connectivity index (χ1) is 9.90. The Balaban J connectivity index is 2.31. The van der Waals surface area contributed by atoms with Crippen LogP contribution in [0, 0.1) is 6.92 Å². The first-order valence-electron chi connectivity index (χ1n) is 6.16. The predicted octanol–water partition coefficient (Wildman–Crippen LogP) is -0.299. The zero-order chi connectivity index (χ0) is 15.6. The van der Waals surface area contributed by atoms with E-state index in [1.807, 2.05) is 0 Å². The zero-order valence-electron chi connectivity index (χ0n) is 11.2. The molecule has 21 heavy (non-hydrogen) atoms. The minimum Gasteiger partial charge on any atom is -0.480 e. The summed E-state index contributed by atoms with van der Waals surface area (Å²) in [5.74, 6) is -2.76. The first kappa shape index (κ1) is 14.5. The number of primary amides is 1. The van der Waals surface area contributed by atoms with Crippen LogP contribution >= 0.6 is 0 Å². The van der Waals surface area contributed by atoms with Crippen molar-refractivity contribution in [3.63, 3.8) is 0 Å². The highest BCUT2D eigenvalue weighted by Gasteiger charge is 2.25. The molecule has 0 bridgehead atoms. The monoisotopic (exact) mass is 290 g/mol. The van der Waals surface area contributed by atoms with Crippen molar-refractivity contribution in [2.24, 2.45) is 5.73 Å². The van der Waals surface area contributed by atoms with Crippen LogP contribution in [-0.4, -0.2) is 38.3 Å². The molecule has 8 heteroatoms. The number of carboxylic acid groups (broad SMARTS) is 1. The van der Waals surface area contributed by atoms with Crippen LogP contribution in [0.5, 0.6) is 0 Å². The molecule has 8 nitrogen and oxygen atoms in total. The average molecular weight is 290 g/mol.